The molecular weight excluding hydrogens is 811 g/mol. The molecule has 2 aliphatic rings. The lowest BCUT2D eigenvalue weighted by Gasteiger charge is -2.26. The van der Waals surface area contributed by atoms with Gasteiger partial charge in [0.1, 0.15) is 35.0 Å². The van der Waals surface area contributed by atoms with Gasteiger partial charge in [-0.3, -0.25) is 29.7 Å². The third-order valence-corrected chi connectivity index (χ3v) is 9.12. The van der Waals surface area contributed by atoms with Gasteiger partial charge in [-0.1, -0.05) is 23.2 Å². The number of hydrogen-bond acceptors (Lipinski definition) is 14. The Morgan fingerprint density at radius 3 is 1.76 bits per heavy atom. The van der Waals surface area contributed by atoms with Crippen LogP contribution in [-0.4, -0.2) is 119 Å². The molecule has 8 rings (SSSR count). The van der Waals surface area contributed by atoms with E-state index in [1.807, 2.05) is 30.3 Å². The molecule has 8 heterocycles. The van der Waals surface area contributed by atoms with E-state index in [2.05, 4.69) is 61.0 Å². The topological polar surface area (TPSA) is 159 Å². The summed E-state index contributed by atoms with van der Waals surface area (Å²) in [4.78, 5) is 29.8. The molecule has 0 unspecified atom stereocenters. The third kappa shape index (κ3) is 13.4. The second-order valence-electron chi connectivity index (χ2n) is 12.3. The van der Waals surface area contributed by atoms with Crippen LogP contribution in [0.1, 0.15) is 0 Å². The highest BCUT2D eigenvalue weighted by Gasteiger charge is 2.11. The van der Waals surface area contributed by atoms with E-state index < -0.39 is 0 Å². The smallest absolute Gasteiger partial charge is 0.139 e. The van der Waals surface area contributed by atoms with Crippen LogP contribution in [0, 0.1) is 0 Å². The van der Waals surface area contributed by atoms with Gasteiger partial charge >= 0.3 is 0 Å². The number of anilines is 3. The van der Waals surface area contributed by atoms with Gasteiger partial charge in [0.25, 0.3) is 0 Å². The number of fused-ring (bicyclic) bond motifs is 2. The molecule has 288 valence electrons. The van der Waals surface area contributed by atoms with Gasteiger partial charge in [0.2, 0.25) is 0 Å². The Hall–Kier alpha value is -4.48. The lowest BCUT2D eigenvalue weighted by molar-refractivity contribution is 0.0321. The van der Waals surface area contributed by atoms with Crippen molar-refractivity contribution in [3.8, 4) is 11.5 Å². The van der Waals surface area contributed by atoms with E-state index in [0.717, 1.165) is 115 Å². The summed E-state index contributed by atoms with van der Waals surface area (Å²) in [6.07, 6.45) is 10.2. The van der Waals surface area contributed by atoms with Crippen LogP contribution in [0.5, 0.6) is 11.5 Å². The van der Waals surface area contributed by atoms with Gasteiger partial charge in [-0.15, -0.1) is 0 Å². The fourth-order valence-corrected chi connectivity index (χ4v) is 6.12. The van der Waals surface area contributed by atoms with Crippen molar-refractivity contribution < 1.29 is 18.9 Å². The average Bonchev–Trinajstić information content (AvgIpc) is 3.19. The molecule has 0 amide bonds. The highest BCUT2D eigenvalue weighted by atomic mass is 79.9. The van der Waals surface area contributed by atoms with Gasteiger partial charge in [0.05, 0.1) is 96.5 Å². The predicted molar refractivity (Wildman–Crippen MR) is 218 cm³/mol. The first-order valence-corrected chi connectivity index (χ1v) is 19.2. The maximum atomic E-state index is 5.96. The fraction of sp³-hybridized carbons (Fsp3) is 0.316. The monoisotopic (exact) mass is 850 g/mol. The summed E-state index contributed by atoms with van der Waals surface area (Å²) < 4.78 is 22.9. The van der Waals surface area contributed by atoms with Crippen LogP contribution in [0.2, 0.25) is 10.3 Å². The van der Waals surface area contributed by atoms with Crippen LogP contribution in [-0.2, 0) is 9.47 Å². The molecule has 0 radical (unpaired) electrons. The van der Waals surface area contributed by atoms with Crippen molar-refractivity contribution in [3.05, 3.63) is 100 Å². The van der Waals surface area contributed by atoms with Gasteiger partial charge in [-0.05, 0) is 52.3 Å². The number of nitrogen functional groups attached to an aromatic ring is 1. The Balaban J connectivity index is 0.000000155. The van der Waals surface area contributed by atoms with E-state index in [9.17, 15) is 0 Å². The molecule has 0 aliphatic carbocycles. The lowest BCUT2D eigenvalue weighted by atomic mass is 10.3. The zero-order chi connectivity index (χ0) is 38.2. The maximum absolute atomic E-state index is 5.96. The summed E-state index contributed by atoms with van der Waals surface area (Å²) in [6, 6.07) is 14.6. The van der Waals surface area contributed by atoms with Crippen molar-refractivity contribution in [3.63, 3.8) is 0 Å². The first-order chi connectivity index (χ1) is 26.9. The minimum atomic E-state index is 0.443. The van der Waals surface area contributed by atoms with Crippen molar-refractivity contribution in [1.82, 2.24) is 39.7 Å². The summed E-state index contributed by atoms with van der Waals surface area (Å²) in [5.74, 6) is 1.46. The highest BCUT2D eigenvalue weighted by molar-refractivity contribution is 9.10. The van der Waals surface area contributed by atoms with Crippen molar-refractivity contribution in [2.75, 3.05) is 90.0 Å². The van der Waals surface area contributed by atoms with E-state index in [4.69, 9.17) is 47.9 Å². The Morgan fingerprint density at radius 2 is 1.16 bits per heavy atom. The second-order valence-corrected chi connectivity index (χ2v) is 14.0. The number of morpholine rings is 2. The fourth-order valence-electron chi connectivity index (χ4n) is 5.49. The van der Waals surface area contributed by atoms with Crippen LogP contribution in [0.25, 0.3) is 22.1 Å². The van der Waals surface area contributed by atoms with Crippen molar-refractivity contribution in [2.45, 2.75) is 0 Å². The number of pyridine rings is 6. The number of hydrogen-bond donors (Lipinski definition) is 2. The number of rotatable bonds is 10. The summed E-state index contributed by atoms with van der Waals surface area (Å²) in [5, 5.41) is 4.21. The first-order valence-electron chi connectivity index (χ1n) is 17.6. The number of nitrogens with zero attached hydrogens (tertiary/aromatic N) is 8. The maximum Gasteiger partial charge on any atom is 0.139 e. The van der Waals surface area contributed by atoms with Crippen molar-refractivity contribution in [2.24, 2.45) is 0 Å². The van der Waals surface area contributed by atoms with Gasteiger partial charge in [0.15, 0.2) is 0 Å². The van der Waals surface area contributed by atoms with Gasteiger partial charge in [-0.25, -0.2) is 9.97 Å². The predicted octanol–water partition coefficient (Wildman–Crippen LogP) is 6.55. The number of nitrogens with two attached hydrogens (primary N) is 1. The van der Waals surface area contributed by atoms with Gasteiger partial charge in [-0.2, -0.15) is 0 Å². The molecule has 55 heavy (non-hydrogen) atoms. The summed E-state index contributed by atoms with van der Waals surface area (Å²) in [5.41, 5.74) is 11.0. The standard InChI is InChI=1S/C19H20ClN5O2.C11H17N3O2.C8H4BrClN2/c20-19-2-1-17-18(24-19)10-15(12-22-17)23-14-9-16(13-21-11-14)27-8-5-25-3-6-26-7-4-25;12-10-7-11(9-13-8-10)16-6-3-14-1-4-15-5-2-14;9-5-3-7-6(11-4-5)1-2-8(10)12-7/h1-2,9-13,23H,3-8H2;7-9H,1-6,12H2;1-4H. The highest BCUT2D eigenvalue weighted by Crippen LogP contribution is 2.23. The minimum absolute atomic E-state index is 0.443. The number of ether oxygens (including phenoxy) is 4. The number of aromatic nitrogens is 6. The Kier molecular flexibility index (Phi) is 15.3. The molecule has 0 saturated carbocycles. The van der Waals surface area contributed by atoms with Crippen molar-refractivity contribution in [1.29, 1.82) is 0 Å². The Labute approximate surface area is 337 Å². The second kappa shape index (κ2) is 21.0. The average molecular weight is 853 g/mol. The zero-order valence-electron chi connectivity index (χ0n) is 30.0. The summed E-state index contributed by atoms with van der Waals surface area (Å²) in [7, 11) is 0. The van der Waals surface area contributed by atoms with Crippen LogP contribution in [0.3, 0.4) is 0 Å². The normalized spacial score (nSPS) is 14.7. The number of nitrogens with one attached hydrogen (secondary N) is 1. The van der Waals surface area contributed by atoms with Crippen LogP contribution in [0.15, 0.2) is 90.2 Å². The van der Waals surface area contributed by atoms with Gasteiger partial charge < -0.3 is 30.0 Å². The Morgan fingerprint density at radius 1 is 0.636 bits per heavy atom. The SMILES string of the molecule is Clc1ccc2ncc(Br)cc2n1.Clc1ccc2ncc(Nc3cncc(OCCN4CCOCC4)c3)cc2n1.Nc1cncc(OCCN2CCOCC2)c1. The molecule has 2 aliphatic heterocycles. The molecule has 3 N–H and O–H groups in total. The van der Waals surface area contributed by atoms with E-state index in [1.54, 1.807) is 55.4 Å². The number of halogens is 3. The minimum Gasteiger partial charge on any atom is -0.491 e. The summed E-state index contributed by atoms with van der Waals surface area (Å²) >= 11 is 15.0. The van der Waals surface area contributed by atoms with Gasteiger partial charge in [0, 0.05) is 62.1 Å². The molecule has 14 nitrogen and oxygen atoms in total. The molecule has 6 aromatic heterocycles. The molecule has 0 spiro atoms. The molecule has 2 fully saturated rings. The lowest BCUT2D eigenvalue weighted by Crippen LogP contribution is -2.38. The zero-order valence-corrected chi connectivity index (χ0v) is 33.1. The van der Waals surface area contributed by atoms with E-state index >= 15 is 0 Å². The molecule has 0 bridgehead atoms. The van der Waals surface area contributed by atoms with Crippen LogP contribution < -0.4 is 20.5 Å². The molecule has 6 aromatic rings. The van der Waals surface area contributed by atoms with E-state index in [0.29, 0.717) is 29.2 Å². The first kappa shape index (κ1) is 40.2. The molecule has 2 saturated heterocycles. The quantitative estimate of drug-likeness (QED) is 0.143. The summed E-state index contributed by atoms with van der Waals surface area (Å²) in [6.45, 7) is 10.2. The van der Waals surface area contributed by atoms with Crippen LogP contribution in [0.4, 0.5) is 17.1 Å². The molecule has 17 heteroatoms. The van der Waals surface area contributed by atoms with Crippen molar-refractivity contribution >= 4 is 78.3 Å². The van der Waals surface area contributed by atoms with E-state index in [-0.39, 0.29) is 0 Å². The Bertz CT molecular complexity index is 2090. The molecular formula is C38H41BrCl2N10O4. The molecule has 0 atom stereocenters. The molecule has 0 aromatic carbocycles. The third-order valence-electron chi connectivity index (χ3n) is 8.27. The largest absolute Gasteiger partial charge is 0.491 e. The van der Waals surface area contributed by atoms with Crippen LogP contribution >= 0.6 is 39.1 Å². The van der Waals surface area contributed by atoms with E-state index in [1.165, 1.54) is 0 Å².